The maximum atomic E-state index is 11.5. The Balaban J connectivity index is 0.00000400. The molecule has 0 saturated heterocycles. The van der Waals surface area contributed by atoms with E-state index in [4.69, 9.17) is 0 Å². The van der Waals surface area contributed by atoms with Gasteiger partial charge in [-0.25, -0.2) is 0 Å². The fraction of sp³-hybridized carbons (Fsp3) is 0.571. The number of aliphatic imine (C=N–C) groups is 1. The minimum absolute atomic E-state index is 0. The summed E-state index contributed by atoms with van der Waals surface area (Å²) in [6.45, 7) is 5.94. The van der Waals surface area contributed by atoms with Crippen molar-refractivity contribution in [1.29, 1.82) is 0 Å². The standard InChI is InChI=1S/C14H24N4OS.HI/c1-4-7-16-13(19)10-18-14(15-3)17-9-11(2)12-6-5-8-20-12;/h5-6,8,11H,4,7,9-10H2,1-3H3,(H,16,19)(H2,15,17,18);1H. The summed E-state index contributed by atoms with van der Waals surface area (Å²) >= 11 is 1.75. The SMILES string of the molecule is CCCNC(=O)CNC(=NC)NCC(C)c1cccs1.I. The molecule has 1 aromatic heterocycles. The van der Waals surface area contributed by atoms with Gasteiger partial charge >= 0.3 is 0 Å². The zero-order valence-corrected chi connectivity index (χ0v) is 16.0. The Bertz CT molecular complexity index is 423. The van der Waals surface area contributed by atoms with Crippen molar-refractivity contribution in [3.05, 3.63) is 22.4 Å². The van der Waals surface area contributed by atoms with Crippen molar-refractivity contribution >= 4 is 47.2 Å². The Hall–Kier alpha value is -0.830. The summed E-state index contributed by atoms with van der Waals surface area (Å²) < 4.78 is 0. The molecule has 0 spiro atoms. The van der Waals surface area contributed by atoms with Gasteiger partial charge in [0.25, 0.3) is 0 Å². The Morgan fingerprint density at radius 2 is 2.14 bits per heavy atom. The molecule has 0 bridgehead atoms. The molecule has 1 unspecified atom stereocenters. The average molecular weight is 424 g/mol. The van der Waals surface area contributed by atoms with Crippen LogP contribution < -0.4 is 16.0 Å². The predicted octanol–water partition coefficient (Wildman–Crippen LogP) is 2.16. The van der Waals surface area contributed by atoms with Crippen LogP contribution >= 0.6 is 35.3 Å². The summed E-state index contributed by atoms with van der Waals surface area (Å²) in [5.41, 5.74) is 0. The van der Waals surface area contributed by atoms with Crippen LogP contribution in [0.2, 0.25) is 0 Å². The van der Waals surface area contributed by atoms with E-state index in [2.05, 4.69) is 45.4 Å². The Labute approximate surface area is 148 Å². The van der Waals surface area contributed by atoms with E-state index < -0.39 is 0 Å². The molecule has 0 saturated carbocycles. The lowest BCUT2D eigenvalue weighted by Crippen LogP contribution is -2.44. The minimum Gasteiger partial charge on any atom is -0.356 e. The molecule has 7 heteroatoms. The summed E-state index contributed by atoms with van der Waals surface area (Å²) in [4.78, 5) is 16.9. The van der Waals surface area contributed by atoms with Crippen molar-refractivity contribution in [1.82, 2.24) is 16.0 Å². The molecule has 0 aliphatic rings. The van der Waals surface area contributed by atoms with Crippen molar-refractivity contribution in [3.8, 4) is 0 Å². The van der Waals surface area contributed by atoms with Gasteiger partial charge in [-0.3, -0.25) is 9.79 Å². The highest BCUT2D eigenvalue weighted by Crippen LogP contribution is 2.19. The van der Waals surface area contributed by atoms with Crippen LogP contribution in [0.15, 0.2) is 22.5 Å². The average Bonchev–Trinajstić information content (AvgIpc) is 2.99. The van der Waals surface area contributed by atoms with Crippen molar-refractivity contribution < 1.29 is 4.79 Å². The number of hydrogen-bond acceptors (Lipinski definition) is 3. The number of nitrogens with zero attached hydrogens (tertiary/aromatic N) is 1. The van der Waals surface area contributed by atoms with E-state index in [0.29, 0.717) is 18.4 Å². The summed E-state index contributed by atoms with van der Waals surface area (Å²) in [5, 5.41) is 11.1. The van der Waals surface area contributed by atoms with Crippen LogP contribution in [0.3, 0.4) is 0 Å². The van der Waals surface area contributed by atoms with Gasteiger partial charge in [-0.05, 0) is 17.9 Å². The lowest BCUT2D eigenvalue weighted by atomic mass is 10.1. The second kappa shape index (κ2) is 11.8. The second-order valence-electron chi connectivity index (χ2n) is 4.57. The van der Waals surface area contributed by atoms with Crippen LogP contribution in [0.5, 0.6) is 0 Å². The van der Waals surface area contributed by atoms with Gasteiger partial charge < -0.3 is 16.0 Å². The Morgan fingerprint density at radius 3 is 2.71 bits per heavy atom. The Morgan fingerprint density at radius 1 is 1.38 bits per heavy atom. The van der Waals surface area contributed by atoms with Crippen LogP contribution in [0.1, 0.15) is 31.1 Å². The van der Waals surface area contributed by atoms with Gasteiger partial charge in [0.1, 0.15) is 0 Å². The number of amides is 1. The number of halogens is 1. The maximum Gasteiger partial charge on any atom is 0.239 e. The first-order valence-corrected chi connectivity index (χ1v) is 7.80. The topological polar surface area (TPSA) is 65.5 Å². The number of rotatable bonds is 7. The van der Waals surface area contributed by atoms with Crippen molar-refractivity contribution in [2.75, 3.05) is 26.7 Å². The predicted molar refractivity (Wildman–Crippen MR) is 101 cm³/mol. The fourth-order valence-corrected chi connectivity index (χ4v) is 2.42. The monoisotopic (exact) mass is 424 g/mol. The van der Waals surface area contributed by atoms with E-state index in [0.717, 1.165) is 13.0 Å². The molecule has 0 fully saturated rings. The van der Waals surface area contributed by atoms with Gasteiger partial charge in [0.05, 0.1) is 6.54 Å². The molecule has 5 nitrogen and oxygen atoms in total. The van der Waals surface area contributed by atoms with E-state index in [1.807, 2.05) is 6.92 Å². The van der Waals surface area contributed by atoms with Gasteiger partial charge in [-0.15, -0.1) is 35.3 Å². The summed E-state index contributed by atoms with van der Waals surface area (Å²) in [5.74, 6) is 1.06. The molecule has 21 heavy (non-hydrogen) atoms. The lowest BCUT2D eigenvalue weighted by Gasteiger charge is -2.15. The molecule has 1 atom stereocenters. The molecule has 1 heterocycles. The number of nitrogens with one attached hydrogen (secondary N) is 3. The molecule has 3 N–H and O–H groups in total. The highest BCUT2D eigenvalue weighted by atomic mass is 127. The molecule has 1 rings (SSSR count). The highest BCUT2D eigenvalue weighted by molar-refractivity contribution is 14.0. The number of hydrogen-bond donors (Lipinski definition) is 3. The number of thiophene rings is 1. The van der Waals surface area contributed by atoms with Crippen molar-refractivity contribution in [2.45, 2.75) is 26.2 Å². The van der Waals surface area contributed by atoms with Gasteiger partial charge in [0, 0.05) is 30.9 Å². The molecule has 1 amide bonds. The molecule has 0 aliphatic carbocycles. The first kappa shape index (κ1) is 20.2. The van der Waals surface area contributed by atoms with Gasteiger partial charge in [-0.2, -0.15) is 0 Å². The number of carbonyl (C=O) groups is 1. The van der Waals surface area contributed by atoms with Crippen LogP contribution in [0, 0.1) is 0 Å². The third-order valence-electron chi connectivity index (χ3n) is 2.82. The minimum atomic E-state index is -0.0129. The highest BCUT2D eigenvalue weighted by Gasteiger charge is 2.08. The van der Waals surface area contributed by atoms with E-state index >= 15 is 0 Å². The smallest absolute Gasteiger partial charge is 0.239 e. The van der Waals surface area contributed by atoms with E-state index in [1.165, 1.54) is 4.88 Å². The Kier molecular flexibility index (Phi) is 11.3. The third kappa shape index (κ3) is 8.25. The quantitative estimate of drug-likeness (QED) is 0.357. The normalized spacial score (nSPS) is 12.2. The van der Waals surface area contributed by atoms with Crippen LogP contribution in [0.25, 0.3) is 0 Å². The maximum absolute atomic E-state index is 11.5. The largest absolute Gasteiger partial charge is 0.356 e. The molecule has 120 valence electrons. The molecular weight excluding hydrogens is 399 g/mol. The van der Waals surface area contributed by atoms with Crippen LogP contribution in [0.4, 0.5) is 0 Å². The molecular formula is C14H25IN4OS. The zero-order chi connectivity index (χ0) is 14.8. The summed E-state index contributed by atoms with van der Waals surface area (Å²) in [7, 11) is 1.70. The van der Waals surface area contributed by atoms with Gasteiger partial charge in [-0.1, -0.05) is 19.9 Å². The van der Waals surface area contributed by atoms with Crippen LogP contribution in [-0.2, 0) is 4.79 Å². The number of carbonyl (C=O) groups excluding carboxylic acids is 1. The van der Waals surface area contributed by atoms with E-state index in [9.17, 15) is 4.79 Å². The van der Waals surface area contributed by atoms with Gasteiger partial charge in [0.2, 0.25) is 5.91 Å². The lowest BCUT2D eigenvalue weighted by molar-refractivity contribution is -0.120. The second-order valence-corrected chi connectivity index (χ2v) is 5.55. The van der Waals surface area contributed by atoms with Crippen molar-refractivity contribution in [3.63, 3.8) is 0 Å². The van der Waals surface area contributed by atoms with Gasteiger partial charge in [0.15, 0.2) is 5.96 Å². The number of guanidine groups is 1. The molecule has 1 aromatic rings. The third-order valence-corrected chi connectivity index (χ3v) is 3.92. The van der Waals surface area contributed by atoms with Crippen molar-refractivity contribution in [2.24, 2.45) is 4.99 Å². The molecule has 0 radical (unpaired) electrons. The van der Waals surface area contributed by atoms with E-state index in [1.54, 1.807) is 18.4 Å². The summed E-state index contributed by atoms with van der Waals surface area (Å²) in [6.07, 6.45) is 0.942. The summed E-state index contributed by atoms with van der Waals surface area (Å²) in [6, 6.07) is 4.19. The molecule has 0 aromatic carbocycles. The first-order chi connectivity index (χ1) is 9.67. The fourth-order valence-electron chi connectivity index (χ4n) is 1.63. The van der Waals surface area contributed by atoms with E-state index in [-0.39, 0.29) is 36.4 Å². The van der Waals surface area contributed by atoms with Crippen LogP contribution in [-0.4, -0.2) is 38.5 Å². The zero-order valence-electron chi connectivity index (χ0n) is 12.8. The first-order valence-electron chi connectivity index (χ1n) is 6.92. The molecule has 0 aliphatic heterocycles.